The molecule has 0 atom stereocenters. The van der Waals surface area contributed by atoms with Crippen LogP contribution >= 0.6 is 0 Å². The molecule has 0 saturated heterocycles. The lowest BCUT2D eigenvalue weighted by Gasteiger charge is -2.18. The number of aromatic nitrogens is 1. The molecule has 8 heteroatoms. The number of alkyl halides is 3. The molecular weight excluding hydrogens is 339 g/mol. The Bertz CT molecular complexity index is 897. The molecular formula is C17H16F3NO4. The minimum absolute atomic E-state index is 0.0347. The maximum Gasteiger partial charge on any atom is 0.573 e. The Hall–Kier alpha value is -2.51. The van der Waals surface area contributed by atoms with Crippen molar-refractivity contribution >= 4 is 16.9 Å². The van der Waals surface area contributed by atoms with E-state index in [-0.39, 0.29) is 24.3 Å². The number of hydrogen-bond donors (Lipinski definition) is 1. The van der Waals surface area contributed by atoms with Gasteiger partial charge in [-0.05, 0) is 44.4 Å². The largest absolute Gasteiger partial charge is 0.573 e. The molecule has 1 heterocycles. The van der Waals surface area contributed by atoms with Gasteiger partial charge in [0.2, 0.25) is 0 Å². The van der Waals surface area contributed by atoms with Crippen molar-refractivity contribution in [1.82, 2.24) is 4.57 Å². The van der Waals surface area contributed by atoms with E-state index >= 15 is 0 Å². The summed E-state index contributed by atoms with van der Waals surface area (Å²) in [6.07, 6.45) is -3.20. The molecule has 0 bridgehead atoms. The van der Waals surface area contributed by atoms with E-state index in [9.17, 15) is 22.8 Å². The van der Waals surface area contributed by atoms with Gasteiger partial charge in [0.1, 0.15) is 5.75 Å². The average molecular weight is 355 g/mol. The second-order valence-electron chi connectivity index (χ2n) is 6.11. The van der Waals surface area contributed by atoms with Crippen LogP contribution in [0.3, 0.4) is 0 Å². The van der Waals surface area contributed by atoms with Gasteiger partial charge < -0.3 is 14.4 Å². The van der Waals surface area contributed by atoms with Gasteiger partial charge in [-0.1, -0.05) is 0 Å². The summed E-state index contributed by atoms with van der Waals surface area (Å²) in [7, 11) is 0. The van der Waals surface area contributed by atoms with Crippen LogP contribution in [0, 0.1) is 6.92 Å². The van der Waals surface area contributed by atoms with Crippen molar-refractivity contribution in [1.29, 1.82) is 0 Å². The highest BCUT2D eigenvalue weighted by Crippen LogP contribution is 2.39. The minimum Gasteiger partial charge on any atom is -0.481 e. The predicted molar refractivity (Wildman–Crippen MR) is 83.9 cm³/mol. The Labute approximate surface area is 140 Å². The van der Waals surface area contributed by atoms with Crippen molar-refractivity contribution in [2.45, 2.75) is 45.0 Å². The molecule has 3 rings (SSSR count). The zero-order valence-electron chi connectivity index (χ0n) is 13.4. The summed E-state index contributed by atoms with van der Waals surface area (Å²) in [5.41, 5.74) is 1.09. The van der Waals surface area contributed by atoms with Crippen LogP contribution in [0.2, 0.25) is 0 Å². The van der Waals surface area contributed by atoms with Crippen LogP contribution in [0.15, 0.2) is 23.0 Å². The molecule has 0 aliphatic heterocycles. The summed E-state index contributed by atoms with van der Waals surface area (Å²) in [6, 6.07) is 3.89. The first-order chi connectivity index (χ1) is 11.7. The number of rotatable bonds is 5. The first-order valence-corrected chi connectivity index (χ1v) is 7.82. The van der Waals surface area contributed by atoms with Gasteiger partial charge in [0, 0.05) is 29.1 Å². The molecule has 2 aromatic rings. The second kappa shape index (κ2) is 6.09. The zero-order chi connectivity index (χ0) is 18.4. The lowest BCUT2D eigenvalue weighted by molar-refractivity contribution is -0.274. The van der Waals surface area contributed by atoms with E-state index in [1.165, 1.54) is 12.1 Å². The smallest absolute Gasteiger partial charge is 0.481 e. The van der Waals surface area contributed by atoms with Crippen LogP contribution in [-0.2, 0) is 11.2 Å². The molecule has 5 nitrogen and oxygen atoms in total. The van der Waals surface area contributed by atoms with Crippen LogP contribution < -0.4 is 10.2 Å². The molecule has 0 spiro atoms. The molecule has 1 fully saturated rings. The van der Waals surface area contributed by atoms with Gasteiger partial charge in [-0.25, -0.2) is 0 Å². The Balaban J connectivity index is 2.18. The highest BCUT2D eigenvalue weighted by molar-refractivity contribution is 5.82. The van der Waals surface area contributed by atoms with Gasteiger partial charge in [-0.2, -0.15) is 0 Å². The number of fused-ring (bicyclic) bond motifs is 1. The number of carbonyl (C=O) groups is 1. The molecule has 1 aromatic carbocycles. The molecule has 1 aliphatic rings. The number of ether oxygens (including phenoxy) is 1. The predicted octanol–water partition coefficient (Wildman–Crippen LogP) is 3.56. The zero-order valence-corrected chi connectivity index (χ0v) is 13.4. The molecule has 134 valence electrons. The van der Waals surface area contributed by atoms with Crippen molar-refractivity contribution in [2.75, 3.05) is 0 Å². The lowest BCUT2D eigenvalue weighted by Crippen LogP contribution is -2.21. The van der Waals surface area contributed by atoms with Crippen LogP contribution in [0.5, 0.6) is 5.75 Å². The Kier molecular flexibility index (Phi) is 4.22. The number of carboxylic acids is 1. The van der Waals surface area contributed by atoms with Crippen molar-refractivity contribution < 1.29 is 27.8 Å². The van der Waals surface area contributed by atoms with E-state index in [4.69, 9.17) is 5.11 Å². The SMILES string of the molecule is Cc1c(CCC(=O)O)c(=O)c2cc(OC(F)(F)F)ccc2n1C1CC1. The van der Waals surface area contributed by atoms with E-state index in [1.807, 2.05) is 4.57 Å². The van der Waals surface area contributed by atoms with Crippen molar-refractivity contribution in [3.05, 3.63) is 39.7 Å². The van der Waals surface area contributed by atoms with Crippen LogP contribution in [0.25, 0.3) is 10.9 Å². The van der Waals surface area contributed by atoms with Crippen molar-refractivity contribution in [2.24, 2.45) is 0 Å². The highest BCUT2D eigenvalue weighted by atomic mass is 19.4. The molecule has 25 heavy (non-hydrogen) atoms. The number of halogens is 3. The summed E-state index contributed by atoms with van der Waals surface area (Å²) in [6.45, 7) is 1.75. The third kappa shape index (κ3) is 3.62. The summed E-state index contributed by atoms with van der Waals surface area (Å²) < 4.78 is 43.2. The monoisotopic (exact) mass is 355 g/mol. The van der Waals surface area contributed by atoms with Gasteiger partial charge >= 0.3 is 12.3 Å². The summed E-state index contributed by atoms with van der Waals surface area (Å²) >= 11 is 0. The maximum absolute atomic E-state index is 12.7. The Morgan fingerprint density at radius 2 is 2.04 bits per heavy atom. The van der Waals surface area contributed by atoms with E-state index in [2.05, 4.69) is 4.74 Å². The van der Waals surface area contributed by atoms with E-state index in [1.54, 1.807) is 6.92 Å². The fourth-order valence-electron chi connectivity index (χ4n) is 3.09. The highest BCUT2D eigenvalue weighted by Gasteiger charge is 2.32. The first kappa shape index (κ1) is 17.3. The summed E-state index contributed by atoms with van der Waals surface area (Å²) in [4.78, 5) is 23.6. The number of benzene rings is 1. The number of hydrogen-bond acceptors (Lipinski definition) is 3. The molecule has 0 radical (unpaired) electrons. The van der Waals surface area contributed by atoms with Gasteiger partial charge in [0.05, 0.1) is 5.52 Å². The Morgan fingerprint density at radius 3 is 2.60 bits per heavy atom. The number of pyridine rings is 1. The maximum atomic E-state index is 12.7. The van der Waals surface area contributed by atoms with Crippen LogP contribution in [-0.4, -0.2) is 22.0 Å². The third-order valence-electron chi connectivity index (χ3n) is 4.28. The fourth-order valence-corrected chi connectivity index (χ4v) is 3.09. The van der Waals surface area contributed by atoms with Gasteiger partial charge in [-0.3, -0.25) is 9.59 Å². The first-order valence-electron chi connectivity index (χ1n) is 7.82. The van der Waals surface area contributed by atoms with Gasteiger partial charge in [-0.15, -0.1) is 13.2 Å². The molecule has 0 unspecified atom stereocenters. The number of aliphatic carboxylic acids is 1. The minimum atomic E-state index is -4.85. The fraction of sp³-hybridized carbons (Fsp3) is 0.412. The lowest BCUT2D eigenvalue weighted by atomic mass is 10.0. The van der Waals surface area contributed by atoms with Gasteiger partial charge in [0.25, 0.3) is 0 Å². The summed E-state index contributed by atoms with van der Waals surface area (Å²) in [5, 5.41) is 8.99. The molecule has 1 N–H and O–H groups in total. The topological polar surface area (TPSA) is 68.5 Å². The van der Waals surface area contributed by atoms with Crippen LogP contribution in [0.1, 0.15) is 36.6 Å². The Morgan fingerprint density at radius 1 is 1.36 bits per heavy atom. The van der Waals surface area contributed by atoms with Crippen molar-refractivity contribution in [3.8, 4) is 5.75 Å². The van der Waals surface area contributed by atoms with E-state index < -0.39 is 23.5 Å². The summed E-state index contributed by atoms with van der Waals surface area (Å²) in [5.74, 6) is -1.50. The number of carboxylic acid groups (broad SMARTS) is 1. The number of nitrogens with zero attached hydrogens (tertiary/aromatic N) is 1. The van der Waals surface area contributed by atoms with E-state index in [0.717, 1.165) is 18.9 Å². The van der Waals surface area contributed by atoms with Crippen LogP contribution in [0.4, 0.5) is 13.2 Å². The standard InChI is InChI=1S/C17H16F3NO4/c1-9-12(5-7-15(22)23)16(24)13-8-11(25-17(18,19)20)4-6-14(13)21(9)10-2-3-10/h4,6,8,10H,2-3,5,7H2,1H3,(H,22,23). The third-order valence-corrected chi connectivity index (χ3v) is 4.28. The van der Waals surface area contributed by atoms with Crippen molar-refractivity contribution in [3.63, 3.8) is 0 Å². The van der Waals surface area contributed by atoms with E-state index in [0.29, 0.717) is 16.8 Å². The average Bonchev–Trinajstić information content (AvgIpc) is 3.30. The molecule has 1 saturated carbocycles. The van der Waals surface area contributed by atoms with Gasteiger partial charge in [0.15, 0.2) is 5.43 Å². The normalized spacial score (nSPS) is 14.7. The molecule has 1 aromatic heterocycles. The quantitative estimate of drug-likeness (QED) is 0.890. The molecule has 0 amide bonds. The molecule has 1 aliphatic carbocycles. The second-order valence-corrected chi connectivity index (χ2v) is 6.11.